The van der Waals surface area contributed by atoms with E-state index < -0.39 is 17.2 Å². The van der Waals surface area contributed by atoms with Crippen molar-refractivity contribution in [3.05, 3.63) is 30.2 Å². The number of halogens is 1. The second kappa shape index (κ2) is 3.81. The maximum Gasteiger partial charge on any atom is 0.347 e. The van der Waals surface area contributed by atoms with Crippen molar-refractivity contribution in [2.75, 3.05) is 0 Å². The first-order valence-corrected chi connectivity index (χ1v) is 6.08. The molecule has 2 rings (SSSR count). The Hall–Kier alpha value is -1.41. The van der Waals surface area contributed by atoms with Crippen LogP contribution >= 0.6 is 27.3 Å². The molecular formula is C9H7BrN2O4S. The number of thiophene rings is 1. The number of hydrogen-bond acceptors (Lipinski definition) is 4. The number of carboxylic acid groups (broad SMARTS) is 1. The molecule has 0 aliphatic carbocycles. The van der Waals surface area contributed by atoms with Crippen LogP contribution in [0.1, 0.15) is 9.67 Å². The average molecular weight is 319 g/mol. The highest BCUT2D eigenvalue weighted by molar-refractivity contribution is 9.10. The molecule has 0 atom stereocenters. The Morgan fingerprint density at radius 1 is 1.29 bits per heavy atom. The summed E-state index contributed by atoms with van der Waals surface area (Å²) in [5.74, 6) is -1.13. The predicted octanol–water partition coefficient (Wildman–Crippen LogP) is 0.759. The van der Waals surface area contributed by atoms with Crippen LogP contribution in [-0.2, 0) is 14.1 Å². The highest BCUT2D eigenvalue weighted by atomic mass is 79.9. The minimum absolute atomic E-state index is 0.0123. The van der Waals surface area contributed by atoms with Gasteiger partial charge in [0, 0.05) is 14.1 Å². The van der Waals surface area contributed by atoms with E-state index >= 15 is 0 Å². The Balaban J connectivity index is 3.14. The summed E-state index contributed by atoms with van der Waals surface area (Å²) in [6.45, 7) is 0. The summed E-state index contributed by atoms with van der Waals surface area (Å²) in [5.41, 5.74) is -0.980. The molecule has 0 radical (unpaired) electrons. The molecule has 0 amide bonds. The molecule has 0 aliphatic rings. The summed E-state index contributed by atoms with van der Waals surface area (Å²) in [4.78, 5) is 34.9. The molecule has 6 nitrogen and oxygen atoms in total. The highest BCUT2D eigenvalue weighted by Crippen LogP contribution is 2.32. The second-order valence-electron chi connectivity index (χ2n) is 3.44. The zero-order chi connectivity index (χ0) is 12.9. The van der Waals surface area contributed by atoms with Gasteiger partial charge in [-0.3, -0.25) is 13.9 Å². The number of rotatable bonds is 1. The van der Waals surface area contributed by atoms with Crippen LogP contribution in [0, 0.1) is 0 Å². The third-order valence-electron chi connectivity index (χ3n) is 2.42. The quantitative estimate of drug-likeness (QED) is 0.841. The zero-order valence-corrected chi connectivity index (χ0v) is 11.3. The van der Waals surface area contributed by atoms with Crippen LogP contribution in [0.15, 0.2) is 14.1 Å². The molecule has 0 fully saturated rings. The number of aromatic carboxylic acids is 1. The Morgan fingerprint density at radius 3 is 2.41 bits per heavy atom. The van der Waals surface area contributed by atoms with Gasteiger partial charge < -0.3 is 5.11 Å². The van der Waals surface area contributed by atoms with Gasteiger partial charge in [-0.1, -0.05) is 0 Å². The molecule has 0 aliphatic heterocycles. The van der Waals surface area contributed by atoms with Gasteiger partial charge in [0.05, 0.1) is 9.86 Å². The smallest absolute Gasteiger partial charge is 0.347 e. The van der Waals surface area contributed by atoms with Crippen molar-refractivity contribution >= 4 is 43.5 Å². The third kappa shape index (κ3) is 1.55. The first-order valence-electron chi connectivity index (χ1n) is 4.47. The summed E-state index contributed by atoms with van der Waals surface area (Å²) < 4.78 is 2.44. The minimum Gasteiger partial charge on any atom is -0.477 e. The molecule has 1 N–H and O–H groups in total. The van der Waals surface area contributed by atoms with Gasteiger partial charge >= 0.3 is 11.7 Å². The van der Waals surface area contributed by atoms with E-state index in [1.165, 1.54) is 18.7 Å². The van der Waals surface area contributed by atoms with Crippen LogP contribution in [0.2, 0.25) is 0 Å². The highest BCUT2D eigenvalue weighted by Gasteiger charge is 2.21. The minimum atomic E-state index is -1.13. The van der Waals surface area contributed by atoms with Crippen LogP contribution in [0.5, 0.6) is 0 Å². The topological polar surface area (TPSA) is 81.3 Å². The number of aromatic nitrogens is 2. The molecule has 2 aromatic rings. The van der Waals surface area contributed by atoms with Crippen molar-refractivity contribution in [2.24, 2.45) is 14.1 Å². The normalized spacial score (nSPS) is 11.0. The largest absolute Gasteiger partial charge is 0.477 e. The summed E-state index contributed by atoms with van der Waals surface area (Å²) in [6.07, 6.45) is 0. The first kappa shape index (κ1) is 12.1. The lowest BCUT2D eigenvalue weighted by Crippen LogP contribution is -2.36. The average Bonchev–Trinajstić information content (AvgIpc) is 2.62. The predicted molar refractivity (Wildman–Crippen MR) is 67.0 cm³/mol. The van der Waals surface area contributed by atoms with E-state index in [0.29, 0.717) is 4.83 Å². The molecule has 0 saturated heterocycles. The van der Waals surface area contributed by atoms with Gasteiger partial charge in [-0.15, -0.1) is 11.3 Å². The summed E-state index contributed by atoms with van der Waals surface area (Å²) in [7, 11) is 2.85. The van der Waals surface area contributed by atoms with Gasteiger partial charge in [-0.05, 0) is 15.9 Å². The number of carboxylic acids is 1. The van der Waals surface area contributed by atoms with E-state index in [9.17, 15) is 14.4 Å². The summed E-state index contributed by atoms with van der Waals surface area (Å²) >= 11 is 4.00. The van der Waals surface area contributed by atoms with Gasteiger partial charge in [0.2, 0.25) is 0 Å². The molecule has 2 heterocycles. The van der Waals surface area contributed by atoms with Gasteiger partial charge in [0.15, 0.2) is 0 Å². The molecule has 2 aromatic heterocycles. The van der Waals surface area contributed by atoms with Crippen molar-refractivity contribution < 1.29 is 9.90 Å². The molecule has 0 spiro atoms. The molecule has 8 heteroatoms. The Bertz CT molecular complexity index is 755. The van der Waals surface area contributed by atoms with E-state index in [2.05, 4.69) is 15.9 Å². The SMILES string of the molecule is Cn1c(=O)c2c(Br)c(C(=O)O)sc2n(C)c1=O. The van der Waals surface area contributed by atoms with E-state index in [1.54, 1.807) is 0 Å². The molecule has 17 heavy (non-hydrogen) atoms. The van der Waals surface area contributed by atoms with Crippen molar-refractivity contribution in [3.8, 4) is 0 Å². The fourth-order valence-electron chi connectivity index (χ4n) is 1.53. The monoisotopic (exact) mass is 318 g/mol. The lowest BCUT2D eigenvalue weighted by atomic mass is 10.3. The van der Waals surface area contributed by atoms with Crippen molar-refractivity contribution in [1.82, 2.24) is 9.13 Å². The maximum absolute atomic E-state index is 11.9. The Labute approximate surface area is 107 Å². The molecule has 0 aromatic carbocycles. The van der Waals surface area contributed by atoms with Crippen LogP contribution in [0.4, 0.5) is 0 Å². The molecule has 0 bridgehead atoms. The molecule has 0 saturated carbocycles. The van der Waals surface area contributed by atoms with Crippen LogP contribution < -0.4 is 11.2 Å². The van der Waals surface area contributed by atoms with Crippen LogP contribution in [0.25, 0.3) is 10.2 Å². The van der Waals surface area contributed by atoms with Crippen molar-refractivity contribution in [1.29, 1.82) is 0 Å². The van der Waals surface area contributed by atoms with Gasteiger partial charge in [0.25, 0.3) is 5.56 Å². The van der Waals surface area contributed by atoms with Gasteiger partial charge in [-0.2, -0.15) is 0 Å². The lowest BCUT2D eigenvalue weighted by molar-refractivity contribution is 0.0701. The maximum atomic E-state index is 11.9. The zero-order valence-electron chi connectivity index (χ0n) is 8.85. The van der Waals surface area contributed by atoms with E-state index in [0.717, 1.165) is 15.9 Å². The second-order valence-corrected chi connectivity index (χ2v) is 5.23. The molecule has 90 valence electrons. The number of carbonyl (C=O) groups is 1. The standard InChI is InChI=1S/C9H7BrN2O4S/c1-11-6(13)3-4(10)5(8(14)15)17-7(3)12(2)9(11)16/h1-2H3,(H,14,15). The van der Waals surface area contributed by atoms with E-state index in [4.69, 9.17) is 5.11 Å². The fourth-order valence-corrected chi connectivity index (χ4v) is 3.41. The van der Waals surface area contributed by atoms with Gasteiger partial charge in [0.1, 0.15) is 9.71 Å². The van der Waals surface area contributed by atoms with Crippen molar-refractivity contribution in [3.63, 3.8) is 0 Å². The van der Waals surface area contributed by atoms with E-state index in [1.807, 2.05) is 0 Å². The third-order valence-corrected chi connectivity index (χ3v) is 4.73. The fraction of sp³-hybridized carbons (Fsp3) is 0.222. The summed E-state index contributed by atoms with van der Waals surface area (Å²) in [6, 6.07) is 0. The van der Waals surface area contributed by atoms with Crippen LogP contribution in [-0.4, -0.2) is 20.2 Å². The van der Waals surface area contributed by atoms with Gasteiger partial charge in [-0.25, -0.2) is 9.59 Å². The van der Waals surface area contributed by atoms with Crippen molar-refractivity contribution in [2.45, 2.75) is 0 Å². The first-order chi connectivity index (χ1) is 7.86. The Morgan fingerprint density at radius 2 is 1.88 bits per heavy atom. The summed E-state index contributed by atoms with van der Waals surface area (Å²) in [5, 5.41) is 9.19. The molecule has 0 unspecified atom stereocenters. The lowest BCUT2D eigenvalue weighted by Gasteiger charge is -2.02. The molecular weight excluding hydrogens is 312 g/mol. The number of nitrogens with zero attached hydrogens (tertiary/aromatic N) is 2. The number of aryl methyl sites for hydroxylation is 1. The number of fused-ring (bicyclic) bond motifs is 1. The van der Waals surface area contributed by atoms with Crippen LogP contribution in [0.3, 0.4) is 0 Å². The Kier molecular flexibility index (Phi) is 2.70. The number of hydrogen-bond donors (Lipinski definition) is 1. The van der Waals surface area contributed by atoms with E-state index in [-0.39, 0.29) is 14.7 Å².